The first-order valence-corrected chi connectivity index (χ1v) is 16.6. The van der Waals surface area contributed by atoms with E-state index in [0.29, 0.717) is 5.41 Å². The quantitative estimate of drug-likeness (QED) is 0.196. The van der Waals surface area contributed by atoms with Crippen molar-refractivity contribution in [2.75, 3.05) is 4.90 Å². The van der Waals surface area contributed by atoms with Crippen LogP contribution >= 0.6 is 0 Å². The number of benzene rings is 4. The van der Waals surface area contributed by atoms with Crippen LogP contribution in [0.25, 0.3) is 0 Å². The van der Waals surface area contributed by atoms with E-state index in [1.807, 2.05) is 0 Å². The monoisotopic (exact) mass is 563 g/mol. The molecule has 0 spiro atoms. The number of anilines is 3. The minimum absolute atomic E-state index is 0.119. The van der Waals surface area contributed by atoms with Gasteiger partial charge in [-0.25, -0.2) is 0 Å². The minimum Gasteiger partial charge on any atom is -0.458 e. The lowest BCUT2D eigenvalue weighted by Crippen LogP contribution is -2.60. The highest BCUT2D eigenvalue weighted by atomic mass is 16.5. The molecule has 4 fully saturated rings. The Kier molecular flexibility index (Phi) is 5.32. The summed E-state index contributed by atoms with van der Waals surface area (Å²) in [6.45, 7) is 11.5. The van der Waals surface area contributed by atoms with Gasteiger partial charge in [0.1, 0.15) is 11.5 Å². The number of nitrogens with zero attached hydrogens (tertiary/aromatic N) is 1. The van der Waals surface area contributed by atoms with Gasteiger partial charge >= 0.3 is 0 Å². The van der Waals surface area contributed by atoms with Gasteiger partial charge < -0.3 is 9.64 Å². The van der Waals surface area contributed by atoms with E-state index in [2.05, 4.69) is 112 Å². The zero-order valence-corrected chi connectivity index (χ0v) is 26.3. The summed E-state index contributed by atoms with van der Waals surface area (Å²) in [6, 6.07) is 28.4. The topological polar surface area (TPSA) is 12.5 Å². The number of fused-ring (bicyclic) bond motifs is 4. The van der Waals surface area contributed by atoms with Gasteiger partial charge in [0, 0.05) is 17.1 Å². The summed E-state index contributed by atoms with van der Waals surface area (Å²) in [7, 11) is 0. The fourth-order valence-corrected chi connectivity index (χ4v) is 10.1. The van der Waals surface area contributed by atoms with Gasteiger partial charge in [-0.15, -0.1) is 0 Å². The number of rotatable bonds is 2. The van der Waals surface area contributed by atoms with Gasteiger partial charge in [0.25, 0.3) is 6.71 Å². The summed E-state index contributed by atoms with van der Waals surface area (Å²) in [5, 5.41) is 0. The van der Waals surface area contributed by atoms with Gasteiger partial charge in [0.15, 0.2) is 0 Å². The third kappa shape index (κ3) is 3.86. The fourth-order valence-electron chi connectivity index (χ4n) is 10.1. The molecule has 4 saturated carbocycles. The average molecular weight is 564 g/mol. The number of aryl methyl sites for hydroxylation is 2. The highest BCUT2D eigenvalue weighted by Crippen LogP contribution is 2.61. The van der Waals surface area contributed by atoms with Crippen LogP contribution in [0.1, 0.15) is 81.5 Å². The Morgan fingerprint density at radius 1 is 0.698 bits per heavy atom. The summed E-state index contributed by atoms with van der Waals surface area (Å²) >= 11 is 0. The van der Waals surface area contributed by atoms with Crippen molar-refractivity contribution < 1.29 is 4.74 Å². The first-order chi connectivity index (χ1) is 20.6. The molecule has 0 atom stereocenters. The summed E-state index contributed by atoms with van der Waals surface area (Å²) in [4.78, 5) is 2.56. The molecule has 2 nitrogen and oxygen atoms in total. The van der Waals surface area contributed by atoms with Gasteiger partial charge in [-0.05, 0) is 150 Å². The van der Waals surface area contributed by atoms with E-state index in [1.165, 1.54) is 94.2 Å². The van der Waals surface area contributed by atoms with Crippen LogP contribution in [0.2, 0.25) is 0 Å². The number of ether oxygens (including phenoxy) is 1. The summed E-state index contributed by atoms with van der Waals surface area (Å²) < 4.78 is 6.98. The van der Waals surface area contributed by atoms with Crippen molar-refractivity contribution in [1.29, 1.82) is 0 Å². The van der Waals surface area contributed by atoms with Crippen LogP contribution in [0.3, 0.4) is 0 Å². The lowest BCUT2D eigenvalue weighted by molar-refractivity contribution is -0.00522. The molecule has 6 aliphatic rings. The maximum absolute atomic E-state index is 6.98. The van der Waals surface area contributed by atoms with Gasteiger partial charge in [-0.2, -0.15) is 0 Å². The lowest BCUT2D eigenvalue weighted by Gasteiger charge is -2.57. The van der Waals surface area contributed by atoms with Crippen molar-refractivity contribution in [1.82, 2.24) is 0 Å². The maximum atomic E-state index is 6.98. The van der Waals surface area contributed by atoms with Crippen LogP contribution in [-0.2, 0) is 10.8 Å². The van der Waals surface area contributed by atoms with E-state index in [0.717, 1.165) is 29.3 Å². The predicted octanol–water partition coefficient (Wildman–Crippen LogP) is 8.47. The van der Waals surface area contributed by atoms with Crippen LogP contribution in [0.15, 0.2) is 72.8 Å². The maximum Gasteiger partial charge on any atom is 0.256 e. The highest BCUT2D eigenvalue weighted by molar-refractivity contribution is 6.99. The Labute approximate surface area is 257 Å². The predicted molar refractivity (Wildman–Crippen MR) is 180 cm³/mol. The summed E-state index contributed by atoms with van der Waals surface area (Å²) in [5.41, 5.74) is 13.7. The molecule has 0 unspecified atom stereocenters. The molecule has 216 valence electrons. The van der Waals surface area contributed by atoms with Gasteiger partial charge in [0.05, 0.1) is 0 Å². The molecule has 4 aliphatic carbocycles. The molecule has 0 saturated heterocycles. The summed E-state index contributed by atoms with van der Waals surface area (Å²) in [6.07, 6.45) is 8.44. The molecule has 3 heteroatoms. The molecule has 43 heavy (non-hydrogen) atoms. The van der Waals surface area contributed by atoms with Gasteiger partial charge in [-0.3, -0.25) is 0 Å². The second-order valence-corrected chi connectivity index (χ2v) is 15.9. The molecule has 4 bridgehead atoms. The molecule has 2 aliphatic heterocycles. The Balaban J connectivity index is 1.30. The van der Waals surface area contributed by atoms with E-state index in [-0.39, 0.29) is 12.1 Å². The van der Waals surface area contributed by atoms with E-state index >= 15 is 0 Å². The van der Waals surface area contributed by atoms with E-state index < -0.39 is 0 Å². The molecule has 10 rings (SSSR count). The van der Waals surface area contributed by atoms with Gasteiger partial charge in [0.2, 0.25) is 0 Å². The van der Waals surface area contributed by atoms with E-state index in [1.54, 1.807) is 0 Å². The summed E-state index contributed by atoms with van der Waals surface area (Å²) in [5.74, 6) is 4.82. The van der Waals surface area contributed by atoms with Crippen LogP contribution in [0.5, 0.6) is 11.5 Å². The second kappa shape index (κ2) is 8.81. The van der Waals surface area contributed by atoms with E-state index in [9.17, 15) is 0 Å². The average Bonchev–Trinajstić information content (AvgIpc) is 2.95. The van der Waals surface area contributed by atoms with E-state index in [4.69, 9.17) is 4.74 Å². The molecule has 0 aromatic heterocycles. The fraction of sp³-hybridized carbons (Fsp3) is 0.400. The molecular weight excluding hydrogens is 521 g/mol. The van der Waals surface area contributed by atoms with Crippen molar-refractivity contribution >= 4 is 40.2 Å². The third-order valence-corrected chi connectivity index (χ3v) is 11.7. The normalized spacial score (nSPS) is 26.1. The molecule has 2 heterocycles. The lowest BCUT2D eigenvalue weighted by atomic mass is 9.34. The van der Waals surface area contributed by atoms with Crippen molar-refractivity contribution in [3.63, 3.8) is 0 Å². The molecule has 0 amide bonds. The van der Waals surface area contributed by atoms with Crippen molar-refractivity contribution in [2.45, 2.75) is 84.0 Å². The minimum atomic E-state index is 0.119. The van der Waals surface area contributed by atoms with Crippen LogP contribution in [0.4, 0.5) is 17.1 Å². The molecule has 4 aromatic carbocycles. The van der Waals surface area contributed by atoms with Gasteiger partial charge in [-0.1, -0.05) is 62.7 Å². The molecule has 0 radical (unpaired) electrons. The highest BCUT2D eigenvalue weighted by Gasteiger charge is 2.53. The first kappa shape index (κ1) is 26.0. The largest absolute Gasteiger partial charge is 0.458 e. The first-order valence-electron chi connectivity index (χ1n) is 16.6. The Morgan fingerprint density at radius 3 is 2.02 bits per heavy atom. The number of hydrogen-bond acceptors (Lipinski definition) is 2. The Morgan fingerprint density at radius 2 is 1.35 bits per heavy atom. The van der Waals surface area contributed by atoms with Crippen molar-refractivity contribution in [2.24, 2.45) is 17.8 Å². The SMILES string of the molecule is Cc1ccc2c(c1)Oc1cc(C34CC5CC(CC(C5)C3)C4)cc3c1B2c1cc(C)ccc1N3c1ccc(C(C)(C)C)cc1. The van der Waals surface area contributed by atoms with Crippen molar-refractivity contribution in [3.8, 4) is 11.5 Å². The zero-order chi connectivity index (χ0) is 29.2. The van der Waals surface area contributed by atoms with Crippen LogP contribution in [-0.4, -0.2) is 6.71 Å². The smallest absolute Gasteiger partial charge is 0.256 e. The second-order valence-electron chi connectivity index (χ2n) is 15.9. The number of hydrogen-bond donors (Lipinski definition) is 0. The Bertz CT molecular complexity index is 1760. The van der Waals surface area contributed by atoms with Crippen molar-refractivity contribution in [3.05, 3.63) is 95.1 Å². The zero-order valence-electron chi connectivity index (χ0n) is 26.3. The molecular formula is C40H42BNO. The van der Waals surface area contributed by atoms with Crippen LogP contribution in [0, 0.1) is 31.6 Å². The van der Waals surface area contributed by atoms with Crippen LogP contribution < -0.4 is 26.0 Å². The molecule has 0 N–H and O–H groups in total. The third-order valence-electron chi connectivity index (χ3n) is 11.7. The Hall–Kier alpha value is -3.46. The standard InChI is InChI=1S/C40H42BNO/c1-24-7-13-34-33(14-24)41-32-12-6-25(2)15-36(32)43-37-20-30(40-21-26-16-27(22-40)18-28(17-26)23-40)19-35(38(37)41)42(34)31-10-8-29(9-11-31)39(3,4)5/h6-15,19-20,26-28H,16-18,21-23H2,1-5H3. The molecule has 4 aromatic rings.